The molecule has 152 valence electrons. The highest BCUT2D eigenvalue weighted by molar-refractivity contribution is 5.94. The van der Waals surface area contributed by atoms with Crippen LogP contribution in [-0.2, 0) is 6.42 Å². The summed E-state index contributed by atoms with van der Waals surface area (Å²) in [7, 11) is 0. The van der Waals surface area contributed by atoms with Crippen LogP contribution < -0.4 is 0 Å². The third kappa shape index (κ3) is 4.73. The second-order valence-electron chi connectivity index (χ2n) is 8.03. The largest absolute Gasteiger partial charge is 0.356 e. The first-order valence-electron chi connectivity index (χ1n) is 10.5. The number of unbranched alkanes of at least 4 members (excludes halogenated alkanes) is 1. The van der Waals surface area contributed by atoms with Crippen LogP contribution in [-0.4, -0.2) is 35.5 Å². The van der Waals surface area contributed by atoms with Gasteiger partial charge in [0.15, 0.2) is 11.4 Å². The number of Topliss-reactive ketones (excluding diaryl/α,β-unsaturated/α-hetero) is 1. The summed E-state index contributed by atoms with van der Waals surface area (Å²) in [5, 5.41) is 5.17. The van der Waals surface area contributed by atoms with Gasteiger partial charge in [0.25, 0.3) is 0 Å². The minimum absolute atomic E-state index is 0.116. The zero-order chi connectivity index (χ0) is 20.2. The highest BCUT2D eigenvalue weighted by atomic mass is 19.1. The van der Waals surface area contributed by atoms with Gasteiger partial charge in [0.1, 0.15) is 5.82 Å². The third-order valence-electron chi connectivity index (χ3n) is 5.99. The maximum absolute atomic E-state index is 13.3. The molecule has 2 heterocycles. The number of aromatic nitrogens is 1. The topological polar surface area (TPSA) is 46.3 Å². The quantitative estimate of drug-likeness (QED) is 0.399. The van der Waals surface area contributed by atoms with Gasteiger partial charge in [-0.2, -0.15) is 0 Å². The Morgan fingerprint density at radius 3 is 2.62 bits per heavy atom. The summed E-state index contributed by atoms with van der Waals surface area (Å²) in [6, 6.07) is 12.6. The van der Waals surface area contributed by atoms with E-state index in [9.17, 15) is 9.18 Å². The molecule has 4 nitrogen and oxygen atoms in total. The standard InChI is InChI=1S/C24H27FN2O2/c1-17(28)19-7-5-18(6-8-19)4-2-3-13-27-14-11-20(12-15-27)24-22-10-9-21(25)16-23(22)29-26-24/h5-10,16,20H,2-4,11-15H2,1H3. The first kappa shape index (κ1) is 19.8. The van der Waals surface area contributed by atoms with E-state index < -0.39 is 0 Å². The number of carbonyl (C=O) groups excluding carboxylic acids is 1. The van der Waals surface area contributed by atoms with Crippen LogP contribution in [0.4, 0.5) is 4.39 Å². The number of likely N-dealkylation sites (tertiary alicyclic amines) is 1. The molecule has 1 aliphatic rings. The maximum atomic E-state index is 13.3. The molecule has 1 aromatic heterocycles. The summed E-state index contributed by atoms with van der Waals surface area (Å²) in [5.41, 5.74) is 3.59. The molecule has 2 aromatic carbocycles. The molecule has 1 saturated heterocycles. The molecular formula is C24H27FN2O2. The van der Waals surface area contributed by atoms with Gasteiger partial charge >= 0.3 is 0 Å². The minimum atomic E-state index is -0.287. The Balaban J connectivity index is 1.21. The number of aryl methyl sites for hydroxylation is 1. The van der Waals surface area contributed by atoms with Gasteiger partial charge in [-0.25, -0.2) is 4.39 Å². The van der Waals surface area contributed by atoms with Gasteiger partial charge in [0.2, 0.25) is 0 Å². The highest BCUT2D eigenvalue weighted by Crippen LogP contribution is 2.32. The molecule has 0 saturated carbocycles. The van der Waals surface area contributed by atoms with Crippen LogP contribution in [0.3, 0.4) is 0 Å². The summed E-state index contributed by atoms with van der Waals surface area (Å²) in [4.78, 5) is 13.9. The molecule has 0 N–H and O–H groups in total. The number of hydrogen-bond acceptors (Lipinski definition) is 4. The summed E-state index contributed by atoms with van der Waals surface area (Å²) in [6.07, 6.45) is 5.50. The molecule has 3 aromatic rings. The summed E-state index contributed by atoms with van der Waals surface area (Å²) in [6.45, 7) is 4.84. The number of nitrogens with zero attached hydrogens (tertiary/aromatic N) is 2. The normalized spacial score (nSPS) is 15.8. The molecule has 0 bridgehead atoms. The number of benzene rings is 2. The maximum Gasteiger partial charge on any atom is 0.170 e. The number of halogens is 1. The van der Waals surface area contributed by atoms with E-state index in [0.29, 0.717) is 11.5 Å². The van der Waals surface area contributed by atoms with Crippen LogP contribution >= 0.6 is 0 Å². The fourth-order valence-electron chi connectivity index (χ4n) is 4.23. The lowest BCUT2D eigenvalue weighted by molar-refractivity contribution is 0.101. The molecular weight excluding hydrogens is 367 g/mol. The number of carbonyl (C=O) groups is 1. The predicted molar refractivity (Wildman–Crippen MR) is 112 cm³/mol. The average molecular weight is 394 g/mol. The van der Waals surface area contributed by atoms with Crippen LogP contribution in [0, 0.1) is 5.82 Å². The Labute approximate surface area is 170 Å². The van der Waals surface area contributed by atoms with E-state index in [4.69, 9.17) is 4.52 Å². The molecule has 1 aliphatic heterocycles. The Hall–Kier alpha value is -2.53. The molecule has 1 fully saturated rings. The number of hydrogen-bond donors (Lipinski definition) is 0. The van der Waals surface area contributed by atoms with Crippen LogP contribution in [0.1, 0.15) is 60.1 Å². The first-order chi connectivity index (χ1) is 14.1. The Bertz CT molecular complexity index is 972. The Morgan fingerprint density at radius 2 is 1.90 bits per heavy atom. The van der Waals surface area contributed by atoms with Crippen molar-refractivity contribution in [1.82, 2.24) is 10.1 Å². The second kappa shape index (κ2) is 8.87. The molecule has 0 aliphatic carbocycles. The molecule has 0 unspecified atom stereocenters. The van der Waals surface area contributed by atoms with E-state index >= 15 is 0 Å². The van der Waals surface area contributed by atoms with E-state index in [1.165, 1.54) is 24.1 Å². The van der Waals surface area contributed by atoms with Gasteiger partial charge in [-0.3, -0.25) is 4.79 Å². The van der Waals surface area contributed by atoms with Gasteiger partial charge in [-0.1, -0.05) is 29.4 Å². The number of rotatable bonds is 7. The highest BCUT2D eigenvalue weighted by Gasteiger charge is 2.24. The lowest BCUT2D eigenvalue weighted by Gasteiger charge is -2.31. The van der Waals surface area contributed by atoms with E-state index in [1.54, 1.807) is 13.0 Å². The lowest BCUT2D eigenvalue weighted by atomic mass is 9.91. The fourth-order valence-corrected chi connectivity index (χ4v) is 4.23. The van der Waals surface area contributed by atoms with Gasteiger partial charge in [-0.15, -0.1) is 0 Å². The summed E-state index contributed by atoms with van der Waals surface area (Å²) >= 11 is 0. The van der Waals surface area contributed by atoms with Crippen molar-refractivity contribution in [1.29, 1.82) is 0 Å². The Morgan fingerprint density at radius 1 is 1.14 bits per heavy atom. The summed E-state index contributed by atoms with van der Waals surface area (Å²) in [5.74, 6) is 0.216. The van der Waals surface area contributed by atoms with Crippen molar-refractivity contribution >= 4 is 16.8 Å². The van der Waals surface area contributed by atoms with Crippen LogP contribution in [0.5, 0.6) is 0 Å². The molecule has 5 heteroatoms. The van der Waals surface area contributed by atoms with Crippen molar-refractivity contribution < 1.29 is 13.7 Å². The van der Waals surface area contributed by atoms with Crippen LogP contribution in [0.15, 0.2) is 47.0 Å². The van der Waals surface area contributed by atoms with E-state index in [0.717, 1.165) is 62.0 Å². The van der Waals surface area contributed by atoms with Crippen molar-refractivity contribution in [3.63, 3.8) is 0 Å². The van der Waals surface area contributed by atoms with E-state index in [-0.39, 0.29) is 11.6 Å². The third-order valence-corrected chi connectivity index (χ3v) is 5.99. The summed E-state index contributed by atoms with van der Waals surface area (Å²) < 4.78 is 18.7. The van der Waals surface area contributed by atoms with Crippen molar-refractivity contribution in [3.8, 4) is 0 Å². The number of ketones is 1. The molecule has 0 atom stereocenters. The second-order valence-corrected chi connectivity index (χ2v) is 8.03. The van der Waals surface area contributed by atoms with Crippen molar-refractivity contribution in [2.24, 2.45) is 0 Å². The van der Waals surface area contributed by atoms with Gasteiger partial charge in [-0.05, 0) is 76.4 Å². The van der Waals surface area contributed by atoms with Gasteiger partial charge in [0, 0.05) is 22.9 Å². The zero-order valence-electron chi connectivity index (χ0n) is 16.9. The Kier molecular flexibility index (Phi) is 6.05. The lowest BCUT2D eigenvalue weighted by Crippen LogP contribution is -2.33. The predicted octanol–water partition coefficient (Wildman–Crippen LogP) is 5.37. The number of piperidine rings is 1. The van der Waals surface area contributed by atoms with Gasteiger partial charge < -0.3 is 9.42 Å². The van der Waals surface area contributed by atoms with Crippen LogP contribution in [0.2, 0.25) is 0 Å². The molecule has 0 amide bonds. The molecule has 0 radical (unpaired) electrons. The first-order valence-corrected chi connectivity index (χ1v) is 10.5. The van der Waals surface area contributed by atoms with E-state index in [1.807, 2.05) is 12.1 Å². The fraction of sp³-hybridized carbons (Fsp3) is 0.417. The number of fused-ring (bicyclic) bond motifs is 1. The monoisotopic (exact) mass is 394 g/mol. The van der Waals surface area contributed by atoms with E-state index in [2.05, 4.69) is 22.2 Å². The van der Waals surface area contributed by atoms with Gasteiger partial charge in [0.05, 0.1) is 5.69 Å². The molecule has 0 spiro atoms. The van der Waals surface area contributed by atoms with Crippen molar-refractivity contribution in [2.75, 3.05) is 19.6 Å². The van der Waals surface area contributed by atoms with Crippen LogP contribution in [0.25, 0.3) is 11.0 Å². The van der Waals surface area contributed by atoms with Crippen molar-refractivity contribution in [3.05, 3.63) is 65.1 Å². The SMILES string of the molecule is CC(=O)c1ccc(CCCCN2CCC(c3noc4cc(F)ccc34)CC2)cc1. The molecule has 29 heavy (non-hydrogen) atoms. The van der Waals surface area contributed by atoms with Crippen molar-refractivity contribution in [2.45, 2.75) is 44.9 Å². The zero-order valence-corrected chi connectivity index (χ0v) is 16.9. The minimum Gasteiger partial charge on any atom is -0.356 e. The molecule has 4 rings (SSSR count). The average Bonchev–Trinajstić information content (AvgIpc) is 3.15. The smallest absolute Gasteiger partial charge is 0.170 e.